The summed E-state index contributed by atoms with van der Waals surface area (Å²) >= 11 is 3.30. The van der Waals surface area contributed by atoms with Crippen LogP contribution < -0.4 is 5.73 Å². The van der Waals surface area contributed by atoms with Crippen LogP contribution in [0.1, 0.15) is 16.9 Å². The van der Waals surface area contributed by atoms with Gasteiger partial charge in [-0.05, 0) is 22.4 Å². The van der Waals surface area contributed by atoms with E-state index in [4.69, 9.17) is 10.5 Å². The lowest BCUT2D eigenvalue weighted by molar-refractivity contribution is 0.0947. The van der Waals surface area contributed by atoms with Gasteiger partial charge in [-0.2, -0.15) is 5.10 Å². The van der Waals surface area contributed by atoms with Crippen molar-refractivity contribution in [3.63, 3.8) is 0 Å². The highest BCUT2D eigenvalue weighted by Gasteiger charge is 2.22. The van der Waals surface area contributed by atoms with Crippen molar-refractivity contribution in [2.24, 2.45) is 5.73 Å². The maximum atomic E-state index is 12.1. The minimum absolute atomic E-state index is 0.148. The summed E-state index contributed by atoms with van der Waals surface area (Å²) in [6, 6.07) is -0.582. The van der Waals surface area contributed by atoms with Crippen LogP contribution in [0.5, 0.6) is 0 Å². The number of hydrogen-bond acceptors (Lipinski definition) is 4. The average molecular weight is 302 g/mol. The lowest BCUT2D eigenvalue weighted by atomic mass is 10.1. The molecule has 0 aliphatic rings. The fraction of sp³-hybridized carbons (Fsp3) is 0.455. The SMILES string of the molecule is C=CCC(N)C(=O)c1c(Br)cnn1CCOC. The van der Waals surface area contributed by atoms with Crippen LogP contribution in [-0.2, 0) is 11.3 Å². The molecule has 0 saturated carbocycles. The number of rotatable bonds is 7. The zero-order chi connectivity index (χ0) is 12.8. The zero-order valence-corrected chi connectivity index (χ0v) is 11.3. The van der Waals surface area contributed by atoms with E-state index in [1.807, 2.05) is 0 Å². The number of carbonyl (C=O) groups excluding carboxylic acids is 1. The Morgan fingerprint density at radius 1 is 1.82 bits per heavy atom. The molecule has 94 valence electrons. The molecule has 0 saturated heterocycles. The highest BCUT2D eigenvalue weighted by atomic mass is 79.9. The smallest absolute Gasteiger partial charge is 0.198 e. The Morgan fingerprint density at radius 3 is 3.12 bits per heavy atom. The minimum Gasteiger partial charge on any atom is -0.383 e. The summed E-state index contributed by atoms with van der Waals surface area (Å²) < 4.78 is 7.21. The Morgan fingerprint density at radius 2 is 2.53 bits per heavy atom. The van der Waals surface area contributed by atoms with Crippen molar-refractivity contribution in [1.29, 1.82) is 0 Å². The molecule has 0 aromatic carbocycles. The number of ether oxygens (including phenoxy) is 1. The summed E-state index contributed by atoms with van der Waals surface area (Å²) in [4.78, 5) is 12.1. The van der Waals surface area contributed by atoms with E-state index >= 15 is 0 Å². The molecule has 1 aromatic heterocycles. The molecule has 0 fully saturated rings. The van der Waals surface area contributed by atoms with E-state index in [1.54, 1.807) is 24.1 Å². The predicted octanol–water partition coefficient (Wildman–Crippen LogP) is 1.38. The summed E-state index contributed by atoms with van der Waals surface area (Å²) in [6.07, 6.45) is 3.66. The molecule has 0 radical (unpaired) electrons. The maximum absolute atomic E-state index is 12.1. The lowest BCUT2D eigenvalue weighted by Crippen LogP contribution is -2.32. The van der Waals surface area contributed by atoms with Crippen molar-refractivity contribution in [3.8, 4) is 0 Å². The second-order valence-corrected chi connectivity index (χ2v) is 4.41. The number of nitrogens with two attached hydrogens (primary N) is 1. The normalized spacial score (nSPS) is 12.4. The van der Waals surface area contributed by atoms with E-state index in [0.29, 0.717) is 29.7 Å². The van der Waals surface area contributed by atoms with Crippen molar-refractivity contribution >= 4 is 21.7 Å². The number of methoxy groups -OCH3 is 1. The number of ketones is 1. The van der Waals surface area contributed by atoms with Crippen molar-refractivity contribution in [2.45, 2.75) is 19.0 Å². The van der Waals surface area contributed by atoms with Crippen LogP contribution in [-0.4, -0.2) is 35.3 Å². The largest absolute Gasteiger partial charge is 0.383 e. The van der Waals surface area contributed by atoms with E-state index in [1.165, 1.54) is 0 Å². The molecule has 1 rings (SSSR count). The number of carbonyl (C=O) groups is 1. The van der Waals surface area contributed by atoms with Gasteiger partial charge in [0.1, 0.15) is 5.69 Å². The summed E-state index contributed by atoms with van der Waals surface area (Å²) in [5, 5.41) is 4.10. The Kier molecular flexibility index (Phi) is 5.54. The Hall–Kier alpha value is -0.980. The molecule has 0 bridgehead atoms. The first-order chi connectivity index (χ1) is 8.11. The molecule has 17 heavy (non-hydrogen) atoms. The van der Waals surface area contributed by atoms with Crippen molar-refractivity contribution < 1.29 is 9.53 Å². The van der Waals surface area contributed by atoms with Gasteiger partial charge in [0.2, 0.25) is 0 Å². The molecule has 5 nitrogen and oxygen atoms in total. The summed E-state index contributed by atoms with van der Waals surface area (Å²) in [5.74, 6) is -0.148. The van der Waals surface area contributed by atoms with Crippen molar-refractivity contribution in [2.75, 3.05) is 13.7 Å². The van der Waals surface area contributed by atoms with Gasteiger partial charge in [-0.3, -0.25) is 9.48 Å². The monoisotopic (exact) mass is 301 g/mol. The van der Waals surface area contributed by atoms with Crippen molar-refractivity contribution in [1.82, 2.24) is 9.78 Å². The molecule has 0 spiro atoms. The third kappa shape index (κ3) is 3.49. The van der Waals surface area contributed by atoms with Crippen molar-refractivity contribution in [3.05, 3.63) is 29.0 Å². The molecule has 0 aliphatic heterocycles. The Bertz CT molecular complexity index is 403. The van der Waals surface area contributed by atoms with Crippen LogP contribution >= 0.6 is 15.9 Å². The molecule has 1 aromatic rings. The van der Waals surface area contributed by atoms with Gasteiger partial charge in [-0.25, -0.2) is 0 Å². The number of nitrogens with zero attached hydrogens (tertiary/aromatic N) is 2. The van der Waals surface area contributed by atoms with Crippen LogP contribution in [0.3, 0.4) is 0 Å². The Balaban J connectivity index is 2.90. The molecular weight excluding hydrogens is 286 g/mol. The second-order valence-electron chi connectivity index (χ2n) is 3.55. The molecule has 1 heterocycles. The highest BCUT2D eigenvalue weighted by molar-refractivity contribution is 9.10. The number of halogens is 1. The number of hydrogen-bond donors (Lipinski definition) is 1. The number of aromatic nitrogens is 2. The average Bonchev–Trinajstić information content (AvgIpc) is 2.67. The second kappa shape index (κ2) is 6.68. The molecule has 1 unspecified atom stereocenters. The first-order valence-electron chi connectivity index (χ1n) is 5.22. The molecular formula is C11H16BrN3O2. The fourth-order valence-electron chi connectivity index (χ4n) is 1.42. The molecule has 0 aliphatic carbocycles. The number of Topliss-reactive ketones (excluding diaryl/α,β-unsaturated/α-hetero) is 1. The van der Waals surface area contributed by atoms with Crippen LogP contribution in [0.4, 0.5) is 0 Å². The highest BCUT2D eigenvalue weighted by Crippen LogP contribution is 2.18. The first-order valence-corrected chi connectivity index (χ1v) is 6.02. The first kappa shape index (κ1) is 14.1. The fourth-order valence-corrected chi connectivity index (χ4v) is 1.91. The maximum Gasteiger partial charge on any atom is 0.198 e. The van der Waals surface area contributed by atoms with E-state index in [-0.39, 0.29) is 5.78 Å². The van der Waals surface area contributed by atoms with E-state index < -0.39 is 6.04 Å². The summed E-state index contributed by atoms with van der Waals surface area (Å²) in [5.41, 5.74) is 6.25. The van der Waals surface area contributed by atoms with Gasteiger partial charge in [0, 0.05) is 7.11 Å². The van der Waals surface area contributed by atoms with Gasteiger partial charge in [-0.1, -0.05) is 6.08 Å². The molecule has 2 N–H and O–H groups in total. The van der Waals surface area contributed by atoms with Gasteiger partial charge >= 0.3 is 0 Å². The standard InChI is InChI=1S/C11H16BrN3O2/c1-3-4-9(13)11(16)10-8(12)7-14-15(10)5-6-17-2/h3,7,9H,1,4-6,13H2,2H3. The predicted molar refractivity (Wildman–Crippen MR) is 68.9 cm³/mol. The molecule has 6 heteroatoms. The van der Waals surface area contributed by atoms with E-state index in [9.17, 15) is 4.79 Å². The van der Waals surface area contributed by atoms with Gasteiger partial charge in [-0.15, -0.1) is 6.58 Å². The minimum atomic E-state index is -0.582. The third-order valence-corrected chi connectivity index (χ3v) is 2.87. The van der Waals surface area contributed by atoms with Crippen LogP contribution in [0.25, 0.3) is 0 Å². The molecule has 0 amide bonds. The van der Waals surface area contributed by atoms with Crippen LogP contribution in [0.2, 0.25) is 0 Å². The summed E-state index contributed by atoms with van der Waals surface area (Å²) in [6.45, 7) is 4.58. The van der Waals surface area contributed by atoms with Gasteiger partial charge in [0.15, 0.2) is 5.78 Å². The zero-order valence-electron chi connectivity index (χ0n) is 9.73. The van der Waals surface area contributed by atoms with E-state index in [0.717, 1.165) is 0 Å². The molecule has 1 atom stereocenters. The summed E-state index contributed by atoms with van der Waals surface area (Å²) in [7, 11) is 1.60. The van der Waals surface area contributed by atoms with E-state index in [2.05, 4.69) is 27.6 Å². The third-order valence-electron chi connectivity index (χ3n) is 2.29. The quantitative estimate of drug-likeness (QED) is 0.610. The Labute approximate surface area is 109 Å². The van der Waals surface area contributed by atoms with Gasteiger partial charge < -0.3 is 10.5 Å². The van der Waals surface area contributed by atoms with Gasteiger partial charge in [0.05, 0.1) is 29.9 Å². The lowest BCUT2D eigenvalue weighted by Gasteiger charge is -2.11. The van der Waals surface area contributed by atoms with Crippen LogP contribution in [0.15, 0.2) is 23.3 Å². The van der Waals surface area contributed by atoms with Gasteiger partial charge in [0.25, 0.3) is 0 Å². The van der Waals surface area contributed by atoms with Crippen LogP contribution in [0, 0.1) is 0 Å². The topological polar surface area (TPSA) is 70.1 Å².